The summed E-state index contributed by atoms with van der Waals surface area (Å²) in [5, 5.41) is 16.6. The lowest BCUT2D eigenvalue weighted by Gasteiger charge is -2.31. The van der Waals surface area contributed by atoms with Crippen molar-refractivity contribution in [3.05, 3.63) is 39.7 Å². The first-order valence-corrected chi connectivity index (χ1v) is 9.99. The zero-order valence-electron chi connectivity index (χ0n) is 16.5. The Labute approximate surface area is 181 Å². The molecule has 2 aromatic heterocycles. The molecule has 1 saturated heterocycles. The van der Waals surface area contributed by atoms with Crippen molar-refractivity contribution in [2.75, 3.05) is 24.6 Å². The van der Waals surface area contributed by atoms with E-state index in [1.165, 1.54) is 6.33 Å². The molecule has 0 amide bonds. The van der Waals surface area contributed by atoms with Crippen LogP contribution in [-0.2, 0) is 9.53 Å². The number of carbonyl (C=O) groups is 1. The minimum Gasteiger partial charge on any atom is -0.466 e. The number of fused-ring (bicyclic) bond motifs is 1. The van der Waals surface area contributed by atoms with Crippen LogP contribution in [0.4, 0.5) is 11.5 Å². The number of hydrogen-bond acceptors (Lipinski definition) is 10. The molecule has 4 rings (SSSR count). The van der Waals surface area contributed by atoms with Gasteiger partial charge in [-0.3, -0.25) is 14.9 Å². The summed E-state index contributed by atoms with van der Waals surface area (Å²) in [6.07, 6.45) is 2.20. The molecule has 0 atom stereocenters. The Morgan fingerprint density at radius 2 is 2.10 bits per heavy atom. The third kappa shape index (κ3) is 4.22. The van der Waals surface area contributed by atoms with Gasteiger partial charge in [0.05, 0.1) is 22.8 Å². The number of piperidine rings is 1. The highest BCUT2D eigenvalue weighted by molar-refractivity contribution is 6.31. The molecule has 3 aromatic rings. The van der Waals surface area contributed by atoms with Gasteiger partial charge in [-0.05, 0) is 37.1 Å². The number of carbonyl (C=O) groups excluding carboxylic acids is 1. The van der Waals surface area contributed by atoms with E-state index in [9.17, 15) is 14.9 Å². The van der Waals surface area contributed by atoms with Crippen LogP contribution in [0.2, 0.25) is 5.02 Å². The van der Waals surface area contributed by atoms with Crippen LogP contribution in [0.15, 0.2) is 29.0 Å². The van der Waals surface area contributed by atoms with Crippen LogP contribution in [0.1, 0.15) is 19.8 Å². The molecule has 3 heterocycles. The smallest absolute Gasteiger partial charge is 0.373 e. The van der Waals surface area contributed by atoms with Gasteiger partial charge >= 0.3 is 17.5 Å². The van der Waals surface area contributed by atoms with Gasteiger partial charge in [0.25, 0.3) is 5.88 Å². The monoisotopic (exact) mass is 447 g/mol. The number of ether oxygens (including phenoxy) is 2. The number of hydrogen-bond donors (Lipinski definition) is 0. The number of benzene rings is 1. The largest absolute Gasteiger partial charge is 0.466 e. The van der Waals surface area contributed by atoms with E-state index in [0.717, 1.165) is 0 Å². The van der Waals surface area contributed by atoms with Crippen LogP contribution in [0.3, 0.4) is 0 Å². The van der Waals surface area contributed by atoms with Crippen molar-refractivity contribution in [2.45, 2.75) is 19.8 Å². The number of aromatic nitrogens is 3. The standard InChI is InChI=1S/C19H18ClN5O6/c1-2-29-19(26)11-5-7-24(8-6-11)16-15(25(27)28)18(22-10-21-16)30-17-13-4-3-12(20)9-14(13)31-23-17/h3-4,9-11H,2,5-8H2,1H3. The van der Waals surface area contributed by atoms with Gasteiger partial charge in [-0.25, -0.2) is 4.98 Å². The van der Waals surface area contributed by atoms with E-state index in [-0.39, 0.29) is 35.2 Å². The lowest BCUT2D eigenvalue weighted by molar-refractivity contribution is -0.385. The van der Waals surface area contributed by atoms with Gasteiger partial charge < -0.3 is 18.9 Å². The van der Waals surface area contributed by atoms with Gasteiger partial charge in [0, 0.05) is 24.2 Å². The summed E-state index contributed by atoms with van der Waals surface area (Å²) in [7, 11) is 0. The van der Waals surface area contributed by atoms with Crippen molar-refractivity contribution in [3.63, 3.8) is 0 Å². The molecule has 11 nitrogen and oxygen atoms in total. The number of nitrogens with zero attached hydrogens (tertiary/aromatic N) is 5. The first kappa shape index (κ1) is 20.8. The van der Waals surface area contributed by atoms with Gasteiger partial charge in [-0.1, -0.05) is 11.6 Å². The molecule has 0 spiro atoms. The van der Waals surface area contributed by atoms with Crippen LogP contribution in [-0.4, -0.2) is 45.7 Å². The normalized spacial score (nSPS) is 14.6. The summed E-state index contributed by atoms with van der Waals surface area (Å²) in [6.45, 7) is 2.89. The third-order valence-electron chi connectivity index (χ3n) is 4.96. The number of rotatable bonds is 6. The Bertz CT molecular complexity index is 1130. The number of halogens is 1. The summed E-state index contributed by atoms with van der Waals surface area (Å²) < 4.78 is 15.9. The molecule has 0 unspecified atom stereocenters. The fourth-order valence-corrected chi connectivity index (χ4v) is 3.62. The molecule has 0 saturated carbocycles. The van der Waals surface area contributed by atoms with Crippen LogP contribution in [0, 0.1) is 16.0 Å². The Morgan fingerprint density at radius 3 is 2.81 bits per heavy atom. The van der Waals surface area contributed by atoms with E-state index in [1.807, 2.05) is 0 Å². The van der Waals surface area contributed by atoms with Crippen molar-refractivity contribution in [1.82, 2.24) is 15.1 Å². The van der Waals surface area contributed by atoms with Gasteiger partial charge in [0.15, 0.2) is 5.58 Å². The van der Waals surface area contributed by atoms with Gasteiger partial charge in [0.2, 0.25) is 5.82 Å². The van der Waals surface area contributed by atoms with Crippen LogP contribution in [0.25, 0.3) is 11.0 Å². The zero-order chi connectivity index (χ0) is 22.0. The summed E-state index contributed by atoms with van der Waals surface area (Å²) in [5.41, 5.74) is -0.0114. The maximum Gasteiger partial charge on any atom is 0.373 e. The van der Waals surface area contributed by atoms with Gasteiger partial charge in [-0.2, -0.15) is 4.98 Å². The zero-order valence-corrected chi connectivity index (χ0v) is 17.2. The summed E-state index contributed by atoms with van der Waals surface area (Å²) in [5.74, 6) is -0.594. The van der Waals surface area contributed by atoms with E-state index in [0.29, 0.717) is 48.5 Å². The average molecular weight is 448 g/mol. The molecule has 0 radical (unpaired) electrons. The van der Waals surface area contributed by atoms with E-state index in [1.54, 1.807) is 30.0 Å². The highest BCUT2D eigenvalue weighted by atomic mass is 35.5. The molecular formula is C19H18ClN5O6. The highest BCUT2D eigenvalue weighted by Gasteiger charge is 2.33. The predicted octanol–water partition coefficient (Wildman–Crippen LogP) is 3.75. The Balaban J connectivity index is 1.60. The van der Waals surface area contributed by atoms with Gasteiger partial charge in [-0.15, -0.1) is 0 Å². The molecule has 0 bridgehead atoms. The fourth-order valence-electron chi connectivity index (χ4n) is 3.46. The average Bonchev–Trinajstić information content (AvgIpc) is 3.15. The molecule has 0 N–H and O–H groups in total. The van der Waals surface area contributed by atoms with E-state index in [2.05, 4.69) is 15.1 Å². The lowest BCUT2D eigenvalue weighted by Crippen LogP contribution is -2.37. The summed E-state index contributed by atoms with van der Waals surface area (Å²) >= 11 is 5.94. The maximum absolute atomic E-state index is 12.0. The Kier molecular flexibility index (Phi) is 5.85. The third-order valence-corrected chi connectivity index (χ3v) is 5.20. The Morgan fingerprint density at radius 1 is 1.32 bits per heavy atom. The second-order valence-electron chi connectivity index (χ2n) is 6.85. The number of esters is 1. The topological polar surface area (TPSA) is 134 Å². The molecule has 0 aliphatic carbocycles. The lowest BCUT2D eigenvalue weighted by atomic mass is 9.97. The first-order valence-electron chi connectivity index (χ1n) is 9.61. The summed E-state index contributed by atoms with van der Waals surface area (Å²) in [6, 6.07) is 4.82. The molecule has 12 heteroatoms. The quantitative estimate of drug-likeness (QED) is 0.312. The van der Waals surface area contributed by atoms with E-state index in [4.69, 9.17) is 25.6 Å². The van der Waals surface area contributed by atoms with Crippen molar-refractivity contribution >= 4 is 40.0 Å². The van der Waals surface area contributed by atoms with Crippen LogP contribution >= 0.6 is 11.6 Å². The first-order chi connectivity index (χ1) is 15.0. The van der Waals surface area contributed by atoms with Crippen molar-refractivity contribution in [2.24, 2.45) is 5.92 Å². The highest BCUT2D eigenvalue weighted by Crippen LogP contribution is 2.39. The minimum absolute atomic E-state index is 0.0282. The molecule has 31 heavy (non-hydrogen) atoms. The SMILES string of the molecule is CCOC(=O)C1CCN(c2ncnc(Oc3noc4cc(Cl)ccc34)c2[N+](=O)[O-])CC1. The molecular weight excluding hydrogens is 430 g/mol. The minimum atomic E-state index is -0.596. The molecule has 1 aliphatic heterocycles. The second kappa shape index (κ2) is 8.72. The van der Waals surface area contributed by atoms with Crippen molar-refractivity contribution in [3.8, 4) is 11.8 Å². The van der Waals surface area contributed by atoms with E-state index >= 15 is 0 Å². The number of anilines is 1. The fraction of sp³-hybridized carbons (Fsp3) is 0.368. The van der Waals surface area contributed by atoms with Crippen molar-refractivity contribution < 1.29 is 23.7 Å². The Hall–Kier alpha value is -3.47. The molecule has 1 fully saturated rings. The maximum atomic E-state index is 12.0. The molecule has 1 aliphatic rings. The van der Waals surface area contributed by atoms with Crippen LogP contribution < -0.4 is 9.64 Å². The second-order valence-corrected chi connectivity index (χ2v) is 7.29. The van der Waals surface area contributed by atoms with Crippen LogP contribution in [0.5, 0.6) is 11.8 Å². The van der Waals surface area contributed by atoms with Crippen molar-refractivity contribution in [1.29, 1.82) is 0 Å². The van der Waals surface area contributed by atoms with E-state index < -0.39 is 4.92 Å². The predicted molar refractivity (Wildman–Crippen MR) is 109 cm³/mol. The van der Waals surface area contributed by atoms with Gasteiger partial charge in [0.1, 0.15) is 6.33 Å². The molecule has 162 valence electrons. The number of nitro groups is 1. The summed E-state index contributed by atoms with van der Waals surface area (Å²) in [4.78, 5) is 33.0. The molecule has 1 aromatic carbocycles.